The molecular weight excluding hydrogens is 388 g/mol. The van der Waals surface area contributed by atoms with Crippen molar-refractivity contribution in [1.29, 1.82) is 0 Å². The van der Waals surface area contributed by atoms with Crippen LogP contribution in [0.15, 0.2) is 72.9 Å². The average Bonchev–Trinajstić information content (AvgIpc) is 3.22. The van der Waals surface area contributed by atoms with Gasteiger partial charge in [-0.05, 0) is 35.4 Å². The zero-order chi connectivity index (χ0) is 21.4. The van der Waals surface area contributed by atoms with Crippen molar-refractivity contribution in [3.05, 3.63) is 89.6 Å². The summed E-state index contributed by atoms with van der Waals surface area (Å²) >= 11 is 0. The molecule has 0 bridgehead atoms. The van der Waals surface area contributed by atoms with E-state index in [4.69, 9.17) is 9.47 Å². The standard InChI is InChI=1S/C26H24N2O3/c1-16(29)28-18-9-7-17(8-10-18)26-21-12-11-19(30-2)13-25(21)31-15-23(26)22-14-27-24-6-4-3-5-20(22)24/h3-14,23,26-27H,15H2,1-2H3,(H,28,29). The summed E-state index contributed by atoms with van der Waals surface area (Å²) in [4.78, 5) is 14.8. The summed E-state index contributed by atoms with van der Waals surface area (Å²) in [5, 5.41) is 4.06. The number of amides is 1. The second-order valence-corrected chi connectivity index (χ2v) is 7.89. The highest BCUT2D eigenvalue weighted by molar-refractivity contribution is 5.88. The van der Waals surface area contributed by atoms with E-state index in [-0.39, 0.29) is 17.7 Å². The van der Waals surface area contributed by atoms with Crippen LogP contribution in [0.5, 0.6) is 11.5 Å². The number of aromatic amines is 1. The second-order valence-electron chi connectivity index (χ2n) is 7.89. The van der Waals surface area contributed by atoms with Crippen molar-refractivity contribution in [2.24, 2.45) is 0 Å². The summed E-state index contributed by atoms with van der Waals surface area (Å²) < 4.78 is 11.6. The van der Waals surface area contributed by atoms with Crippen LogP contribution in [0.3, 0.4) is 0 Å². The van der Waals surface area contributed by atoms with Gasteiger partial charge in [-0.1, -0.05) is 36.4 Å². The van der Waals surface area contributed by atoms with E-state index < -0.39 is 0 Å². The highest BCUT2D eigenvalue weighted by Crippen LogP contribution is 2.48. The van der Waals surface area contributed by atoms with E-state index >= 15 is 0 Å². The minimum Gasteiger partial charge on any atom is -0.497 e. The van der Waals surface area contributed by atoms with E-state index in [1.54, 1.807) is 7.11 Å². The first kappa shape index (κ1) is 19.2. The Kier molecular flexibility index (Phi) is 4.86. The molecule has 5 rings (SSSR count). The summed E-state index contributed by atoms with van der Waals surface area (Å²) in [6.07, 6.45) is 2.10. The lowest BCUT2D eigenvalue weighted by Crippen LogP contribution is -2.25. The highest BCUT2D eigenvalue weighted by Gasteiger charge is 2.35. The number of ether oxygens (including phenoxy) is 2. The Morgan fingerprint density at radius 1 is 1.06 bits per heavy atom. The van der Waals surface area contributed by atoms with E-state index in [1.807, 2.05) is 30.3 Å². The number of aromatic nitrogens is 1. The minimum atomic E-state index is -0.0760. The molecule has 0 aliphatic carbocycles. The summed E-state index contributed by atoms with van der Waals surface area (Å²) in [6.45, 7) is 2.09. The Labute approximate surface area is 181 Å². The molecule has 5 heteroatoms. The van der Waals surface area contributed by atoms with Crippen LogP contribution in [0.1, 0.15) is 35.4 Å². The van der Waals surface area contributed by atoms with Crippen molar-refractivity contribution in [1.82, 2.24) is 4.98 Å². The molecule has 156 valence electrons. The lowest BCUT2D eigenvalue weighted by Gasteiger charge is -2.34. The largest absolute Gasteiger partial charge is 0.497 e. The summed E-state index contributed by atoms with van der Waals surface area (Å²) in [5.41, 5.74) is 5.47. The fourth-order valence-electron chi connectivity index (χ4n) is 4.58. The fraction of sp³-hybridized carbons (Fsp3) is 0.192. The molecule has 0 radical (unpaired) electrons. The molecule has 3 aromatic carbocycles. The van der Waals surface area contributed by atoms with Crippen molar-refractivity contribution in [2.45, 2.75) is 18.8 Å². The van der Waals surface area contributed by atoms with Gasteiger partial charge in [-0.25, -0.2) is 0 Å². The van der Waals surface area contributed by atoms with E-state index in [9.17, 15) is 4.79 Å². The number of fused-ring (bicyclic) bond motifs is 2. The highest BCUT2D eigenvalue weighted by atomic mass is 16.5. The number of nitrogens with one attached hydrogen (secondary N) is 2. The van der Waals surface area contributed by atoms with Crippen LogP contribution in [-0.2, 0) is 4.79 Å². The van der Waals surface area contributed by atoms with Gasteiger partial charge in [0.2, 0.25) is 5.91 Å². The average molecular weight is 412 g/mol. The van der Waals surface area contributed by atoms with E-state index in [2.05, 4.69) is 52.9 Å². The summed E-state index contributed by atoms with van der Waals surface area (Å²) in [5.74, 6) is 1.81. The van der Waals surface area contributed by atoms with Crippen molar-refractivity contribution < 1.29 is 14.3 Å². The first-order chi connectivity index (χ1) is 15.1. The quantitative estimate of drug-likeness (QED) is 0.469. The zero-order valence-corrected chi connectivity index (χ0v) is 17.5. The molecular formula is C26H24N2O3. The molecule has 2 atom stereocenters. The molecule has 2 unspecified atom stereocenters. The number of para-hydroxylation sites is 1. The third kappa shape index (κ3) is 3.52. The Balaban J connectivity index is 1.62. The van der Waals surface area contributed by atoms with E-state index in [0.717, 1.165) is 28.3 Å². The van der Waals surface area contributed by atoms with Crippen molar-refractivity contribution in [2.75, 3.05) is 19.0 Å². The number of anilines is 1. The smallest absolute Gasteiger partial charge is 0.221 e. The maximum atomic E-state index is 11.4. The molecule has 0 saturated heterocycles. The Morgan fingerprint density at radius 3 is 2.65 bits per heavy atom. The van der Waals surface area contributed by atoms with Gasteiger partial charge in [0.1, 0.15) is 11.5 Å². The number of rotatable bonds is 4. The van der Waals surface area contributed by atoms with Crippen molar-refractivity contribution >= 4 is 22.5 Å². The van der Waals surface area contributed by atoms with E-state index in [0.29, 0.717) is 6.61 Å². The number of carbonyl (C=O) groups excluding carboxylic acids is 1. The number of methoxy groups -OCH3 is 1. The SMILES string of the molecule is COc1ccc2c(c1)OCC(c1c[nH]c3ccccc13)C2c1ccc(NC(C)=O)cc1. The van der Waals surface area contributed by atoms with Gasteiger partial charge in [-0.2, -0.15) is 0 Å². The number of H-pyrrole nitrogens is 1. The lowest BCUT2D eigenvalue weighted by molar-refractivity contribution is -0.114. The number of hydrogen-bond donors (Lipinski definition) is 2. The molecule has 5 nitrogen and oxygen atoms in total. The van der Waals surface area contributed by atoms with Gasteiger partial charge in [0.05, 0.1) is 13.7 Å². The minimum absolute atomic E-state index is 0.0760. The molecule has 1 aliphatic rings. The predicted octanol–water partition coefficient (Wildman–Crippen LogP) is 5.44. The Bertz CT molecular complexity index is 1240. The van der Waals surface area contributed by atoms with Gasteiger partial charge in [-0.3, -0.25) is 4.79 Å². The first-order valence-electron chi connectivity index (χ1n) is 10.4. The number of carbonyl (C=O) groups is 1. The third-order valence-electron chi connectivity index (χ3n) is 5.99. The predicted molar refractivity (Wildman–Crippen MR) is 122 cm³/mol. The van der Waals surface area contributed by atoms with Crippen LogP contribution in [-0.4, -0.2) is 24.6 Å². The molecule has 4 aromatic rings. The van der Waals surface area contributed by atoms with Gasteiger partial charge >= 0.3 is 0 Å². The van der Waals surface area contributed by atoms with Crippen molar-refractivity contribution in [3.8, 4) is 11.5 Å². The third-order valence-corrected chi connectivity index (χ3v) is 5.99. The zero-order valence-electron chi connectivity index (χ0n) is 17.5. The van der Waals surface area contributed by atoms with Gasteiger partial charge < -0.3 is 19.8 Å². The molecule has 2 N–H and O–H groups in total. The maximum Gasteiger partial charge on any atom is 0.221 e. The van der Waals surface area contributed by atoms with Gasteiger partial charge in [0.15, 0.2) is 0 Å². The molecule has 31 heavy (non-hydrogen) atoms. The molecule has 0 spiro atoms. The second kappa shape index (κ2) is 7.84. The monoisotopic (exact) mass is 412 g/mol. The van der Waals surface area contributed by atoms with Crippen LogP contribution in [0.2, 0.25) is 0 Å². The topological polar surface area (TPSA) is 63.4 Å². The number of hydrogen-bond acceptors (Lipinski definition) is 3. The summed E-state index contributed by atoms with van der Waals surface area (Å²) in [6, 6.07) is 22.5. The Hall–Kier alpha value is -3.73. The molecule has 2 heterocycles. The van der Waals surface area contributed by atoms with Crippen molar-refractivity contribution in [3.63, 3.8) is 0 Å². The van der Waals surface area contributed by atoms with Crippen LogP contribution in [0, 0.1) is 0 Å². The van der Waals surface area contributed by atoms with Crippen LogP contribution in [0.4, 0.5) is 5.69 Å². The summed E-state index contributed by atoms with van der Waals surface area (Å²) in [7, 11) is 1.66. The van der Waals surface area contributed by atoms with Crippen LogP contribution < -0.4 is 14.8 Å². The van der Waals surface area contributed by atoms with Crippen LogP contribution in [0.25, 0.3) is 10.9 Å². The molecule has 0 fully saturated rings. The van der Waals surface area contributed by atoms with Gasteiger partial charge in [0.25, 0.3) is 0 Å². The first-order valence-corrected chi connectivity index (χ1v) is 10.4. The normalized spacial score (nSPS) is 17.6. The molecule has 0 saturated carbocycles. The van der Waals surface area contributed by atoms with Gasteiger partial charge in [0, 0.05) is 53.2 Å². The molecule has 1 aliphatic heterocycles. The molecule has 1 aromatic heterocycles. The Morgan fingerprint density at radius 2 is 1.87 bits per heavy atom. The van der Waals surface area contributed by atoms with E-state index in [1.165, 1.54) is 23.4 Å². The lowest BCUT2D eigenvalue weighted by atomic mass is 9.76. The number of benzene rings is 3. The maximum absolute atomic E-state index is 11.4. The fourth-order valence-corrected chi connectivity index (χ4v) is 4.58. The van der Waals surface area contributed by atoms with Crippen LogP contribution >= 0.6 is 0 Å². The van der Waals surface area contributed by atoms with Gasteiger partial charge in [-0.15, -0.1) is 0 Å². The molecule has 1 amide bonds.